The van der Waals surface area contributed by atoms with Gasteiger partial charge in [-0.25, -0.2) is 4.98 Å². The van der Waals surface area contributed by atoms with E-state index in [4.69, 9.17) is 5.73 Å². The van der Waals surface area contributed by atoms with Gasteiger partial charge in [0.15, 0.2) is 0 Å². The first-order valence-electron chi connectivity index (χ1n) is 5.28. The Labute approximate surface area is 95.1 Å². The van der Waals surface area contributed by atoms with Crippen molar-refractivity contribution in [3.8, 4) is 0 Å². The smallest absolute Gasteiger partial charge is 0.123 e. The van der Waals surface area contributed by atoms with Crippen LogP contribution in [0.15, 0.2) is 18.3 Å². The highest BCUT2D eigenvalue weighted by molar-refractivity contribution is 7.99. The lowest BCUT2D eigenvalue weighted by Gasteiger charge is -2.32. The molecule has 1 fully saturated rings. The van der Waals surface area contributed by atoms with Gasteiger partial charge in [-0.05, 0) is 24.6 Å². The number of nitrogens with zero attached hydrogens (tertiary/aromatic N) is 2. The van der Waals surface area contributed by atoms with Crippen molar-refractivity contribution in [2.24, 2.45) is 0 Å². The molecular formula is C11H17N3S. The van der Waals surface area contributed by atoms with E-state index in [1.807, 2.05) is 23.9 Å². The van der Waals surface area contributed by atoms with Crippen LogP contribution in [0.5, 0.6) is 0 Å². The molecular weight excluding hydrogens is 206 g/mol. The molecule has 0 bridgehead atoms. The van der Waals surface area contributed by atoms with Gasteiger partial charge in [-0.1, -0.05) is 0 Å². The van der Waals surface area contributed by atoms with Gasteiger partial charge in [-0.3, -0.25) is 4.90 Å². The fourth-order valence-electron chi connectivity index (χ4n) is 1.82. The van der Waals surface area contributed by atoms with Gasteiger partial charge in [0.2, 0.25) is 0 Å². The molecule has 1 saturated heterocycles. The van der Waals surface area contributed by atoms with E-state index in [0.29, 0.717) is 11.9 Å². The van der Waals surface area contributed by atoms with E-state index in [1.54, 1.807) is 6.20 Å². The second kappa shape index (κ2) is 4.86. The SMILES string of the molecule is CC1CSCCN1Cc1ccnc(N)c1. The summed E-state index contributed by atoms with van der Waals surface area (Å²) in [5.41, 5.74) is 6.93. The number of aromatic nitrogens is 1. The summed E-state index contributed by atoms with van der Waals surface area (Å²) in [6, 6.07) is 4.68. The minimum Gasteiger partial charge on any atom is -0.384 e. The first-order valence-corrected chi connectivity index (χ1v) is 6.43. The third-order valence-electron chi connectivity index (χ3n) is 2.74. The first-order chi connectivity index (χ1) is 7.25. The number of thioether (sulfide) groups is 1. The molecule has 1 aliphatic heterocycles. The van der Waals surface area contributed by atoms with Gasteiger partial charge in [0.05, 0.1) is 0 Å². The van der Waals surface area contributed by atoms with Crippen molar-refractivity contribution in [2.45, 2.75) is 19.5 Å². The normalized spacial score (nSPS) is 22.9. The molecule has 1 aliphatic rings. The maximum atomic E-state index is 5.66. The van der Waals surface area contributed by atoms with E-state index < -0.39 is 0 Å². The van der Waals surface area contributed by atoms with Crippen LogP contribution in [0.1, 0.15) is 12.5 Å². The van der Waals surface area contributed by atoms with E-state index in [-0.39, 0.29) is 0 Å². The highest BCUT2D eigenvalue weighted by Crippen LogP contribution is 2.18. The number of rotatable bonds is 2. The van der Waals surface area contributed by atoms with Crippen molar-refractivity contribution in [3.63, 3.8) is 0 Å². The Balaban J connectivity index is 2.01. The minimum absolute atomic E-state index is 0.617. The summed E-state index contributed by atoms with van der Waals surface area (Å²) >= 11 is 2.04. The second-order valence-electron chi connectivity index (χ2n) is 3.98. The Hall–Kier alpha value is -0.740. The summed E-state index contributed by atoms with van der Waals surface area (Å²) in [6.45, 7) is 4.46. The van der Waals surface area contributed by atoms with E-state index in [1.165, 1.54) is 23.6 Å². The first kappa shape index (κ1) is 10.8. The van der Waals surface area contributed by atoms with Gasteiger partial charge in [-0.15, -0.1) is 0 Å². The van der Waals surface area contributed by atoms with Crippen molar-refractivity contribution in [1.29, 1.82) is 0 Å². The third kappa shape index (κ3) is 2.86. The predicted octanol–water partition coefficient (Wildman–Crippen LogP) is 1.60. The molecule has 82 valence electrons. The average Bonchev–Trinajstić information content (AvgIpc) is 2.22. The number of nitrogens with two attached hydrogens (primary N) is 1. The molecule has 0 aliphatic carbocycles. The van der Waals surface area contributed by atoms with Crippen molar-refractivity contribution < 1.29 is 0 Å². The summed E-state index contributed by atoms with van der Waals surface area (Å²) in [7, 11) is 0. The summed E-state index contributed by atoms with van der Waals surface area (Å²) in [5.74, 6) is 3.09. The summed E-state index contributed by atoms with van der Waals surface area (Å²) in [4.78, 5) is 6.51. The zero-order valence-corrected chi connectivity index (χ0v) is 9.83. The summed E-state index contributed by atoms with van der Waals surface area (Å²) in [5, 5.41) is 0. The molecule has 0 aromatic carbocycles. The summed E-state index contributed by atoms with van der Waals surface area (Å²) in [6.07, 6.45) is 1.79. The highest BCUT2D eigenvalue weighted by atomic mass is 32.2. The lowest BCUT2D eigenvalue weighted by Crippen LogP contribution is -2.39. The van der Waals surface area contributed by atoms with Crippen LogP contribution in [0.2, 0.25) is 0 Å². The molecule has 1 unspecified atom stereocenters. The van der Waals surface area contributed by atoms with Gasteiger partial charge < -0.3 is 5.73 Å². The largest absolute Gasteiger partial charge is 0.384 e. The molecule has 1 aromatic heterocycles. The number of pyridine rings is 1. The lowest BCUT2D eigenvalue weighted by molar-refractivity contribution is 0.224. The van der Waals surface area contributed by atoms with Crippen LogP contribution in [0.4, 0.5) is 5.82 Å². The van der Waals surface area contributed by atoms with Gasteiger partial charge in [0, 0.05) is 36.8 Å². The quantitative estimate of drug-likeness (QED) is 0.827. The topological polar surface area (TPSA) is 42.2 Å². The zero-order chi connectivity index (χ0) is 10.7. The molecule has 2 rings (SSSR count). The predicted molar refractivity (Wildman–Crippen MR) is 65.8 cm³/mol. The Bertz CT molecular complexity index is 329. The van der Waals surface area contributed by atoms with Gasteiger partial charge in [-0.2, -0.15) is 11.8 Å². The van der Waals surface area contributed by atoms with Crippen LogP contribution in [0.25, 0.3) is 0 Å². The zero-order valence-electron chi connectivity index (χ0n) is 9.02. The lowest BCUT2D eigenvalue weighted by atomic mass is 10.2. The maximum absolute atomic E-state index is 5.66. The Morgan fingerprint density at radius 2 is 2.53 bits per heavy atom. The number of anilines is 1. The number of hydrogen-bond donors (Lipinski definition) is 1. The number of hydrogen-bond acceptors (Lipinski definition) is 4. The molecule has 0 radical (unpaired) electrons. The second-order valence-corrected chi connectivity index (χ2v) is 5.13. The molecule has 3 nitrogen and oxygen atoms in total. The highest BCUT2D eigenvalue weighted by Gasteiger charge is 2.18. The standard InChI is InChI=1S/C11H17N3S/c1-9-8-15-5-4-14(9)7-10-2-3-13-11(12)6-10/h2-3,6,9H,4-5,7-8H2,1H3,(H2,12,13). The van der Waals surface area contributed by atoms with E-state index >= 15 is 0 Å². The van der Waals surface area contributed by atoms with Crippen molar-refractivity contribution in [3.05, 3.63) is 23.9 Å². The van der Waals surface area contributed by atoms with Crippen LogP contribution in [0, 0.1) is 0 Å². The van der Waals surface area contributed by atoms with Crippen LogP contribution >= 0.6 is 11.8 Å². The number of nitrogen functional groups attached to an aromatic ring is 1. The molecule has 15 heavy (non-hydrogen) atoms. The summed E-state index contributed by atoms with van der Waals surface area (Å²) < 4.78 is 0. The van der Waals surface area contributed by atoms with Crippen molar-refractivity contribution in [2.75, 3.05) is 23.8 Å². The molecule has 2 heterocycles. The van der Waals surface area contributed by atoms with Crippen LogP contribution < -0.4 is 5.73 Å². The van der Waals surface area contributed by atoms with E-state index in [0.717, 1.165) is 6.54 Å². The van der Waals surface area contributed by atoms with Gasteiger partial charge >= 0.3 is 0 Å². The molecule has 0 amide bonds. The fourth-order valence-corrected chi connectivity index (χ4v) is 2.91. The molecule has 4 heteroatoms. The van der Waals surface area contributed by atoms with Gasteiger partial charge in [0.1, 0.15) is 5.82 Å². The van der Waals surface area contributed by atoms with Crippen LogP contribution in [0.3, 0.4) is 0 Å². The maximum Gasteiger partial charge on any atom is 0.123 e. The monoisotopic (exact) mass is 223 g/mol. The fraction of sp³-hybridized carbons (Fsp3) is 0.545. The molecule has 0 spiro atoms. The van der Waals surface area contributed by atoms with E-state index in [2.05, 4.69) is 16.8 Å². The van der Waals surface area contributed by atoms with Crippen molar-refractivity contribution >= 4 is 17.6 Å². The Morgan fingerprint density at radius 1 is 1.67 bits per heavy atom. The molecule has 1 atom stereocenters. The Morgan fingerprint density at radius 3 is 3.27 bits per heavy atom. The minimum atomic E-state index is 0.617. The van der Waals surface area contributed by atoms with Crippen LogP contribution in [-0.4, -0.2) is 34.0 Å². The Kier molecular flexibility index (Phi) is 3.49. The van der Waals surface area contributed by atoms with Crippen LogP contribution in [-0.2, 0) is 6.54 Å². The van der Waals surface area contributed by atoms with Gasteiger partial charge in [0.25, 0.3) is 0 Å². The molecule has 2 N–H and O–H groups in total. The van der Waals surface area contributed by atoms with E-state index in [9.17, 15) is 0 Å². The molecule has 1 aromatic rings. The average molecular weight is 223 g/mol. The molecule has 0 saturated carbocycles. The van der Waals surface area contributed by atoms with Crippen molar-refractivity contribution in [1.82, 2.24) is 9.88 Å². The third-order valence-corrected chi connectivity index (χ3v) is 3.93.